The first-order valence-corrected chi connectivity index (χ1v) is 8.86. The molecule has 0 fully saturated rings. The molecule has 0 aliphatic heterocycles. The molecular weight excluding hydrogens is 298 g/mol. The Morgan fingerprint density at radius 2 is 2.20 bits per heavy atom. The summed E-state index contributed by atoms with van der Waals surface area (Å²) in [5.74, 6) is 0.472. The van der Waals surface area contributed by atoms with Gasteiger partial charge in [-0.15, -0.1) is 11.3 Å². The summed E-state index contributed by atoms with van der Waals surface area (Å²) in [6.07, 6.45) is 1.76. The van der Waals surface area contributed by atoms with Crippen LogP contribution >= 0.6 is 11.3 Å². The summed E-state index contributed by atoms with van der Waals surface area (Å²) in [5.41, 5.74) is -0.466. The molecule has 2 aromatic heterocycles. The van der Waals surface area contributed by atoms with E-state index in [-0.39, 0.29) is 17.9 Å². The fraction of sp³-hybridized carbons (Fsp3) is 0.462. The summed E-state index contributed by atoms with van der Waals surface area (Å²) >= 11 is 1.35. The molecule has 0 aromatic carbocycles. The SMILES string of the molecule is CC(C)(O)CCS(=O)(=O)Cc1csc(-c2ccco2)n1. The van der Waals surface area contributed by atoms with Gasteiger partial charge in [-0.3, -0.25) is 0 Å². The molecule has 0 unspecified atom stereocenters. The summed E-state index contributed by atoms with van der Waals surface area (Å²) in [6, 6.07) is 3.54. The zero-order valence-corrected chi connectivity index (χ0v) is 13.0. The molecule has 2 aromatic rings. The molecule has 0 bridgehead atoms. The molecule has 0 saturated carbocycles. The number of thiazole rings is 1. The van der Waals surface area contributed by atoms with Crippen LogP contribution in [0.25, 0.3) is 10.8 Å². The Morgan fingerprint density at radius 3 is 2.80 bits per heavy atom. The van der Waals surface area contributed by atoms with Crippen molar-refractivity contribution in [2.24, 2.45) is 0 Å². The molecule has 1 N–H and O–H groups in total. The van der Waals surface area contributed by atoms with Crippen molar-refractivity contribution in [3.63, 3.8) is 0 Å². The van der Waals surface area contributed by atoms with E-state index in [0.29, 0.717) is 16.5 Å². The standard InChI is InChI=1S/C13H17NO4S2/c1-13(2,15)5-7-20(16,17)9-10-8-19-12(14-10)11-4-3-6-18-11/h3-4,6,8,15H,5,7,9H2,1-2H3. The lowest BCUT2D eigenvalue weighted by Gasteiger charge is -2.16. The van der Waals surface area contributed by atoms with Crippen LogP contribution in [-0.4, -0.2) is 29.9 Å². The van der Waals surface area contributed by atoms with E-state index in [0.717, 1.165) is 0 Å². The molecule has 0 aliphatic carbocycles. The van der Waals surface area contributed by atoms with E-state index in [2.05, 4.69) is 4.98 Å². The van der Waals surface area contributed by atoms with E-state index in [1.807, 2.05) is 0 Å². The maximum absolute atomic E-state index is 12.0. The van der Waals surface area contributed by atoms with Gasteiger partial charge in [-0.1, -0.05) is 0 Å². The predicted octanol–water partition coefficient (Wildman–Crippen LogP) is 2.48. The minimum Gasteiger partial charge on any atom is -0.462 e. The highest BCUT2D eigenvalue weighted by Gasteiger charge is 2.20. The van der Waals surface area contributed by atoms with E-state index in [4.69, 9.17) is 4.42 Å². The van der Waals surface area contributed by atoms with E-state index < -0.39 is 15.4 Å². The monoisotopic (exact) mass is 315 g/mol. The van der Waals surface area contributed by atoms with Crippen LogP contribution in [0.3, 0.4) is 0 Å². The van der Waals surface area contributed by atoms with Crippen molar-refractivity contribution in [3.8, 4) is 10.8 Å². The highest BCUT2D eigenvalue weighted by Crippen LogP contribution is 2.25. The van der Waals surface area contributed by atoms with Crippen LogP contribution in [0.5, 0.6) is 0 Å². The summed E-state index contributed by atoms with van der Waals surface area (Å²) in [5, 5.41) is 12.0. The van der Waals surface area contributed by atoms with Gasteiger partial charge < -0.3 is 9.52 Å². The first kappa shape index (κ1) is 15.2. The van der Waals surface area contributed by atoms with Gasteiger partial charge in [-0.05, 0) is 32.4 Å². The third kappa shape index (κ3) is 4.43. The summed E-state index contributed by atoms with van der Waals surface area (Å²) in [6.45, 7) is 3.20. The number of nitrogens with zero attached hydrogens (tertiary/aromatic N) is 1. The molecule has 5 nitrogen and oxygen atoms in total. The van der Waals surface area contributed by atoms with Gasteiger partial charge in [0, 0.05) is 5.38 Å². The minimum atomic E-state index is -3.27. The largest absolute Gasteiger partial charge is 0.462 e. The molecule has 0 radical (unpaired) electrons. The Bertz CT molecular complexity index is 651. The van der Waals surface area contributed by atoms with Crippen molar-refractivity contribution in [1.82, 2.24) is 4.98 Å². The predicted molar refractivity (Wildman–Crippen MR) is 78.2 cm³/mol. The number of sulfone groups is 1. The third-order valence-electron chi connectivity index (χ3n) is 2.68. The summed E-state index contributed by atoms with van der Waals surface area (Å²) in [7, 11) is -3.27. The van der Waals surface area contributed by atoms with Crippen molar-refractivity contribution >= 4 is 21.2 Å². The van der Waals surface area contributed by atoms with E-state index >= 15 is 0 Å². The Kier molecular flexibility index (Phi) is 4.31. The zero-order chi connectivity index (χ0) is 14.8. The molecule has 0 spiro atoms. The number of hydrogen-bond acceptors (Lipinski definition) is 6. The second-order valence-electron chi connectivity index (χ2n) is 5.28. The zero-order valence-electron chi connectivity index (χ0n) is 11.4. The lowest BCUT2D eigenvalue weighted by molar-refractivity contribution is 0.0772. The molecule has 20 heavy (non-hydrogen) atoms. The molecule has 2 heterocycles. The normalized spacial score (nSPS) is 12.8. The topological polar surface area (TPSA) is 80.4 Å². The average molecular weight is 315 g/mol. The third-order valence-corrected chi connectivity index (χ3v) is 5.14. The van der Waals surface area contributed by atoms with Crippen molar-refractivity contribution < 1.29 is 17.9 Å². The molecule has 110 valence electrons. The van der Waals surface area contributed by atoms with Gasteiger partial charge in [0.15, 0.2) is 20.6 Å². The second kappa shape index (κ2) is 5.67. The Balaban J connectivity index is 2.03. The van der Waals surface area contributed by atoms with Crippen molar-refractivity contribution in [2.75, 3.05) is 5.75 Å². The quantitative estimate of drug-likeness (QED) is 0.885. The maximum Gasteiger partial charge on any atom is 0.162 e. The molecule has 0 saturated heterocycles. The Morgan fingerprint density at radius 1 is 1.45 bits per heavy atom. The van der Waals surface area contributed by atoms with Crippen LogP contribution in [0.4, 0.5) is 0 Å². The molecule has 0 atom stereocenters. The highest BCUT2D eigenvalue weighted by molar-refractivity contribution is 7.90. The smallest absolute Gasteiger partial charge is 0.162 e. The van der Waals surface area contributed by atoms with Crippen LogP contribution in [-0.2, 0) is 15.6 Å². The Hall–Kier alpha value is -1.18. The average Bonchev–Trinajstić information content (AvgIpc) is 2.95. The molecular formula is C13H17NO4S2. The highest BCUT2D eigenvalue weighted by atomic mass is 32.2. The van der Waals surface area contributed by atoms with Gasteiger partial charge in [0.2, 0.25) is 0 Å². The number of hydrogen-bond donors (Lipinski definition) is 1. The van der Waals surface area contributed by atoms with Crippen molar-refractivity contribution in [2.45, 2.75) is 31.6 Å². The van der Waals surface area contributed by atoms with Crippen LogP contribution in [0.2, 0.25) is 0 Å². The first-order valence-electron chi connectivity index (χ1n) is 6.16. The van der Waals surface area contributed by atoms with Gasteiger partial charge in [0.25, 0.3) is 0 Å². The first-order chi connectivity index (χ1) is 9.25. The van der Waals surface area contributed by atoms with Gasteiger partial charge in [-0.2, -0.15) is 0 Å². The Labute approximate surface area is 122 Å². The molecule has 2 rings (SSSR count). The van der Waals surface area contributed by atoms with Crippen LogP contribution < -0.4 is 0 Å². The lowest BCUT2D eigenvalue weighted by atomic mass is 10.1. The number of rotatable bonds is 6. The lowest BCUT2D eigenvalue weighted by Crippen LogP contribution is -2.24. The van der Waals surface area contributed by atoms with Crippen LogP contribution in [0.15, 0.2) is 28.2 Å². The van der Waals surface area contributed by atoms with Gasteiger partial charge in [-0.25, -0.2) is 13.4 Å². The van der Waals surface area contributed by atoms with Gasteiger partial charge in [0.1, 0.15) is 0 Å². The summed E-state index contributed by atoms with van der Waals surface area (Å²) < 4.78 is 29.2. The molecule has 7 heteroatoms. The fourth-order valence-electron chi connectivity index (χ4n) is 1.59. The van der Waals surface area contributed by atoms with E-state index in [9.17, 15) is 13.5 Å². The maximum atomic E-state index is 12.0. The van der Waals surface area contributed by atoms with E-state index in [1.165, 1.54) is 11.3 Å². The van der Waals surface area contributed by atoms with Gasteiger partial charge in [0.05, 0.1) is 29.1 Å². The molecule has 0 amide bonds. The minimum absolute atomic E-state index is 0.0515. The second-order valence-corrected chi connectivity index (χ2v) is 8.32. The summed E-state index contributed by atoms with van der Waals surface area (Å²) in [4.78, 5) is 4.27. The number of furan rings is 1. The van der Waals surface area contributed by atoms with Crippen LogP contribution in [0.1, 0.15) is 26.0 Å². The number of aromatic nitrogens is 1. The fourth-order valence-corrected chi connectivity index (χ4v) is 4.03. The number of aliphatic hydroxyl groups is 1. The van der Waals surface area contributed by atoms with Crippen LogP contribution in [0, 0.1) is 0 Å². The van der Waals surface area contributed by atoms with Gasteiger partial charge >= 0.3 is 0 Å². The van der Waals surface area contributed by atoms with Crippen molar-refractivity contribution in [3.05, 3.63) is 29.5 Å². The van der Waals surface area contributed by atoms with E-state index in [1.54, 1.807) is 37.6 Å². The van der Waals surface area contributed by atoms with Crippen molar-refractivity contribution in [1.29, 1.82) is 0 Å². The molecule has 0 aliphatic rings.